The summed E-state index contributed by atoms with van der Waals surface area (Å²) in [5.41, 5.74) is 3.28. The van der Waals surface area contributed by atoms with Crippen LogP contribution in [0.25, 0.3) is 0 Å². The van der Waals surface area contributed by atoms with Gasteiger partial charge in [-0.1, -0.05) is 61.9 Å². The fourth-order valence-electron chi connectivity index (χ4n) is 4.68. The zero-order chi connectivity index (χ0) is 23.8. The highest BCUT2D eigenvalue weighted by molar-refractivity contribution is 6.33. The van der Waals surface area contributed by atoms with Crippen molar-refractivity contribution in [3.63, 3.8) is 0 Å². The number of amides is 1. The van der Waals surface area contributed by atoms with Crippen molar-refractivity contribution in [2.75, 3.05) is 5.32 Å². The van der Waals surface area contributed by atoms with Crippen molar-refractivity contribution in [2.45, 2.75) is 90.5 Å². The van der Waals surface area contributed by atoms with Crippen molar-refractivity contribution < 1.29 is 14.7 Å². The van der Waals surface area contributed by atoms with Gasteiger partial charge in [0.05, 0.1) is 22.1 Å². The van der Waals surface area contributed by atoms with Crippen LogP contribution in [0, 0.1) is 12.8 Å². The number of rotatable bonds is 11. The molecular weight excluding hydrogens is 440 g/mol. The lowest BCUT2D eigenvalue weighted by Crippen LogP contribution is -2.18. The Hall–Kier alpha value is -2.41. The minimum atomic E-state index is -0.888. The molecule has 2 aromatic rings. The number of aliphatic carboxylic acids is 1. The number of carbonyl (C=O) groups is 2. The number of aryl methyl sites for hydroxylation is 2. The Morgan fingerprint density at radius 2 is 2.03 bits per heavy atom. The summed E-state index contributed by atoms with van der Waals surface area (Å²) in [6.07, 6.45) is 8.88. The average molecular weight is 475 g/mol. The number of hydrogen-bond acceptors (Lipinski definition) is 4. The molecule has 1 heterocycles. The van der Waals surface area contributed by atoms with E-state index in [0.29, 0.717) is 22.8 Å². The fraction of sp³-hybridized carbons (Fsp3) is 0.600. The molecule has 1 aliphatic rings. The number of nitrogens with one attached hydrogen (secondary N) is 1. The number of hydrogen-bond donors (Lipinski definition) is 2. The fourth-order valence-corrected chi connectivity index (χ4v) is 4.93. The lowest BCUT2D eigenvalue weighted by molar-refractivity contribution is -0.137. The molecule has 1 atom stereocenters. The van der Waals surface area contributed by atoms with Gasteiger partial charge in [-0.15, -0.1) is 5.10 Å². The molecule has 7 nitrogen and oxygen atoms in total. The lowest BCUT2D eigenvalue weighted by Gasteiger charge is -2.21. The SMILES string of the molecule is CCc1ccc(NC(=O)CC(CCC(=O)O)c2nnn(CCC3CCCCC3)c2C)c(Cl)c1. The van der Waals surface area contributed by atoms with Gasteiger partial charge in [0.1, 0.15) is 0 Å². The van der Waals surface area contributed by atoms with E-state index in [1.54, 1.807) is 6.07 Å². The molecule has 0 radical (unpaired) electrons. The number of nitrogens with zero attached hydrogens (tertiary/aromatic N) is 3. The van der Waals surface area contributed by atoms with Gasteiger partial charge in [-0.2, -0.15) is 0 Å². The highest BCUT2D eigenvalue weighted by Crippen LogP contribution is 2.30. The van der Waals surface area contributed by atoms with Gasteiger partial charge in [-0.3, -0.25) is 9.59 Å². The van der Waals surface area contributed by atoms with Crippen LogP contribution in [0.15, 0.2) is 18.2 Å². The zero-order valence-electron chi connectivity index (χ0n) is 19.6. The van der Waals surface area contributed by atoms with Gasteiger partial charge in [-0.05, 0) is 49.8 Å². The molecular formula is C25H35ClN4O3. The van der Waals surface area contributed by atoms with Crippen LogP contribution in [0.1, 0.15) is 87.6 Å². The summed E-state index contributed by atoms with van der Waals surface area (Å²) in [5, 5.41) is 21.3. The van der Waals surface area contributed by atoms with Crippen LogP contribution in [-0.4, -0.2) is 32.0 Å². The zero-order valence-corrected chi connectivity index (χ0v) is 20.4. The average Bonchev–Trinajstić information content (AvgIpc) is 3.17. The van der Waals surface area contributed by atoms with Gasteiger partial charge < -0.3 is 10.4 Å². The molecule has 1 saturated carbocycles. The van der Waals surface area contributed by atoms with Gasteiger partial charge in [0.2, 0.25) is 5.91 Å². The van der Waals surface area contributed by atoms with Crippen molar-refractivity contribution in [1.29, 1.82) is 0 Å². The minimum absolute atomic E-state index is 0.0295. The number of halogens is 1. The molecule has 3 rings (SSSR count). The third kappa shape index (κ3) is 7.29. The largest absolute Gasteiger partial charge is 0.481 e. The maximum Gasteiger partial charge on any atom is 0.303 e. The Labute approximate surface area is 200 Å². The smallest absolute Gasteiger partial charge is 0.303 e. The van der Waals surface area contributed by atoms with E-state index < -0.39 is 5.97 Å². The van der Waals surface area contributed by atoms with Crippen molar-refractivity contribution in [3.8, 4) is 0 Å². The second-order valence-electron chi connectivity index (χ2n) is 9.13. The number of carbonyl (C=O) groups excluding carboxylic acids is 1. The lowest BCUT2D eigenvalue weighted by atomic mass is 9.87. The first-order chi connectivity index (χ1) is 15.9. The number of carboxylic acid groups (broad SMARTS) is 1. The summed E-state index contributed by atoms with van der Waals surface area (Å²) in [5.74, 6) is -0.685. The molecule has 1 aliphatic carbocycles. The van der Waals surface area contributed by atoms with Crippen LogP contribution >= 0.6 is 11.6 Å². The molecule has 1 aromatic carbocycles. The monoisotopic (exact) mass is 474 g/mol. The third-order valence-electron chi connectivity index (χ3n) is 6.73. The normalized spacial score (nSPS) is 15.4. The third-order valence-corrected chi connectivity index (χ3v) is 7.05. The topological polar surface area (TPSA) is 97.1 Å². The number of anilines is 1. The highest BCUT2D eigenvalue weighted by Gasteiger charge is 2.24. The predicted molar refractivity (Wildman–Crippen MR) is 130 cm³/mol. The van der Waals surface area contributed by atoms with Crippen molar-refractivity contribution in [3.05, 3.63) is 40.2 Å². The Kier molecular flexibility index (Phi) is 9.30. The summed E-state index contributed by atoms with van der Waals surface area (Å²) < 4.78 is 1.91. The second-order valence-corrected chi connectivity index (χ2v) is 9.53. The molecule has 0 spiro atoms. The molecule has 1 amide bonds. The maximum atomic E-state index is 12.8. The molecule has 33 heavy (non-hydrogen) atoms. The highest BCUT2D eigenvalue weighted by atomic mass is 35.5. The van der Waals surface area contributed by atoms with E-state index in [9.17, 15) is 14.7 Å². The summed E-state index contributed by atoms with van der Waals surface area (Å²) in [6.45, 7) is 4.81. The van der Waals surface area contributed by atoms with E-state index in [1.165, 1.54) is 32.1 Å². The van der Waals surface area contributed by atoms with Crippen LogP contribution in [-0.2, 0) is 22.6 Å². The summed E-state index contributed by atoms with van der Waals surface area (Å²) in [6, 6.07) is 5.59. The number of aromatic nitrogens is 3. The Bertz CT molecular complexity index is 953. The van der Waals surface area contributed by atoms with Gasteiger partial charge in [-0.25, -0.2) is 4.68 Å². The molecule has 2 N–H and O–H groups in total. The van der Waals surface area contributed by atoms with Gasteiger partial charge >= 0.3 is 5.97 Å². The Morgan fingerprint density at radius 3 is 2.70 bits per heavy atom. The van der Waals surface area contributed by atoms with Crippen LogP contribution in [0.3, 0.4) is 0 Å². The quantitative estimate of drug-likeness (QED) is 0.432. The molecule has 0 bridgehead atoms. The molecule has 0 aliphatic heterocycles. The second kappa shape index (κ2) is 12.2. The number of benzene rings is 1. The van der Waals surface area contributed by atoms with E-state index in [-0.39, 0.29) is 24.7 Å². The molecule has 1 fully saturated rings. The molecule has 1 unspecified atom stereocenters. The van der Waals surface area contributed by atoms with Crippen molar-refractivity contribution in [1.82, 2.24) is 15.0 Å². The maximum absolute atomic E-state index is 12.8. The first kappa shape index (κ1) is 25.2. The molecule has 180 valence electrons. The van der Waals surface area contributed by atoms with Crippen LogP contribution in [0.5, 0.6) is 0 Å². The van der Waals surface area contributed by atoms with Crippen LogP contribution in [0.2, 0.25) is 5.02 Å². The minimum Gasteiger partial charge on any atom is -0.481 e. The van der Waals surface area contributed by atoms with Crippen molar-refractivity contribution >= 4 is 29.2 Å². The van der Waals surface area contributed by atoms with E-state index in [0.717, 1.165) is 36.6 Å². The Morgan fingerprint density at radius 1 is 1.27 bits per heavy atom. The Balaban J connectivity index is 1.68. The molecule has 8 heteroatoms. The first-order valence-corrected chi connectivity index (χ1v) is 12.4. The summed E-state index contributed by atoms with van der Waals surface area (Å²) >= 11 is 6.32. The molecule has 0 saturated heterocycles. The van der Waals surface area contributed by atoms with Gasteiger partial charge in [0, 0.05) is 25.3 Å². The van der Waals surface area contributed by atoms with Crippen molar-refractivity contribution in [2.24, 2.45) is 5.92 Å². The van der Waals surface area contributed by atoms with E-state index in [1.807, 2.05) is 30.7 Å². The predicted octanol–water partition coefficient (Wildman–Crippen LogP) is 5.75. The van der Waals surface area contributed by atoms with E-state index in [4.69, 9.17) is 11.6 Å². The van der Waals surface area contributed by atoms with Gasteiger partial charge in [0.25, 0.3) is 0 Å². The standard InChI is InChI=1S/C25H35ClN4O3/c1-3-18-9-11-22(21(26)15-18)27-23(31)16-20(10-12-24(32)33)25-17(2)30(29-28-25)14-13-19-7-5-4-6-8-19/h9,11,15,19-20H,3-8,10,12-14,16H2,1-2H3,(H,27,31)(H,32,33). The molecule has 1 aromatic heterocycles. The van der Waals surface area contributed by atoms with Crippen LogP contribution in [0.4, 0.5) is 5.69 Å². The van der Waals surface area contributed by atoms with Gasteiger partial charge in [0.15, 0.2) is 0 Å². The van der Waals surface area contributed by atoms with Crippen LogP contribution < -0.4 is 5.32 Å². The summed E-state index contributed by atoms with van der Waals surface area (Å²) in [4.78, 5) is 24.1. The van der Waals surface area contributed by atoms with E-state index >= 15 is 0 Å². The summed E-state index contributed by atoms with van der Waals surface area (Å²) in [7, 11) is 0. The number of carboxylic acids is 1. The first-order valence-electron chi connectivity index (χ1n) is 12.1. The van der Waals surface area contributed by atoms with E-state index in [2.05, 4.69) is 15.6 Å².